The topological polar surface area (TPSA) is 58.5 Å². The summed E-state index contributed by atoms with van der Waals surface area (Å²) in [4.78, 5) is 8.02. The van der Waals surface area contributed by atoms with Crippen LogP contribution in [0.15, 0.2) is 28.6 Å². The molecule has 0 unspecified atom stereocenters. The number of guanidine groups is 1. The van der Waals surface area contributed by atoms with Crippen molar-refractivity contribution in [3.63, 3.8) is 0 Å². The van der Waals surface area contributed by atoms with Crippen LogP contribution in [0.2, 0.25) is 0 Å². The smallest absolute Gasteiger partial charge is 0.380 e. The van der Waals surface area contributed by atoms with Gasteiger partial charge in [0.2, 0.25) is 0 Å². The summed E-state index contributed by atoms with van der Waals surface area (Å²) in [6.45, 7) is 3.41. The van der Waals surface area contributed by atoms with Crippen LogP contribution in [0.3, 0.4) is 0 Å². The molecule has 2 N–H and O–H groups in total. The molecule has 0 aliphatic heterocycles. The summed E-state index contributed by atoms with van der Waals surface area (Å²) in [7, 11) is 1.50. The Balaban J connectivity index is 1.93. The number of rotatable bonds is 8. The van der Waals surface area contributed by atoms with E-state index in [0.717, 1.165) is 22.3 Å². The van der Waals surface area contributed by atoms with Crippen molar-refractivity contribution < 1.29 is 22.3 Å². The van der Waals surface area contributed by atoms with Gasteiger partial charge in [0.25, 0.3) is 0 Å². The fourth-order valence-corrected chi connectivity index (χ4v) is 3.15. The van der Waals surface area contributed by atoms with Crippen LogP contribution in [0.1, 0.15) is 28.8 Å². The Labute approximate surface area is 164 Å². The van der Waals surface area contributed by atoms with Crippen molar-refractivity contribution in [2.45, 2.75) is 32.7 Å². The van der Waals surface area contributed by atoms with Gasteiger partial charge in [0, 0.05) is 37.6 Å². The SMILES string of the molecule is CCNC(=NCc1ccc(F)c(COC)c1)NCCc1nc(C(F)(F)F)cs1. The minimum atomic E-state index is -4.42. The van der Waals surface area contributed by atoms with Gasteiger partial charge in [-0.2, -0.15) is 13.2 Å². The molecule has 0 fully saturated rings. The molecule has 5 nitrogen and oxygen atoms in total. The summed E-state index contributed by atoms with van der Waals surface area (Å²) in [6, 6.07) is 4.72. The number of aromatic nitrogens is 1. The van der Waals surface area contributed by atoms with E-state index >= 15 is 0 Å². The first-order chi connectivity index (χ1) is 13.3. The zero-order valence-corrected chi connectivity index (χ0v) is 16.4. The van der Waals surface area contributed by atoms with Gasteiger partial charge < -0.3 is 15.4 Å². The average molecular weight is 418 g/mol. The third kappa shape index (κ3) is 6.75. The fourth-order valence-electron chi connectivity index (χ4n) is 2.35. The third-order valence-electron chi connectivity index (χ3n) is 3.65. The molecule has 1 heterocycles. The molecule has 10 heteroatoms. The third-order valence-corrected chi connectivity index (χ3v) is 4.56. The molecule has 0 radical (unpaired) electrons. The first kappa shape index (κ1) is 22.1. The van der Waals surface area contributed by atoms with Crippen LogP contribution >= 0.6 is 11.3 Å². The summed E-state index contributed by atoms with van der Waals surface area (Å²) in [5.41, 5.74) is 0.411. The van der Waals surface area contributed by atoms with Gasteiger partial charge in [0.15, 0.2) is 11.7 Å². The Hall–Kier alpha value is -2.20. The highest BCUT2D eigenvalue weighted by Crippen LogP contribution is 2.30. The average Bonchev–Trinajstić information content (AvgIpc) is 3.12. The molecule has 1 aromatic heterocycles. The maximum Gasteiger partial charge on any atom is 0.434 e. The molecule has 0 bridgehead atoms. The van der Waals surface area contributed by atoms with Gasteiger partial charge in [-0.1, -0.05) is 6.07 Å². The van der Waals surface area contributed by atoms with Gasteiger partial charge in [0.05, 0.1) is 18.2 Å². The van der Waals surface area contributed by atoms with E-state index in [4.69, 9.17) is 4.74 Å². The number of benzene rings is 1. The first-order valence-electron chi connectivity index (χ1n) is 8.63. The number of halogens is 4. The molecule has 0 amide bonds. The largest absolute Gasteiger partial charge is 0.434 e. The van der Waals surface area contributed by atoms with E-state index < -0.39 is 11.9 Å². The van der Waals surface area contributed by atoms with E-state index in [-0.39, 0.29) is 12.4 Å². The van der Waals surface area contributed by atoms with Crippen molar-refractivity contribution in [2.75, 3.05) is 20.2 Å². The zero-order chi connectivity index (χ0) is 20.6. The molecule has 2 rings (SSSR count). The lowest BCUT2D eigenvalue weighted by Crippen LogP contribution is -2.38. The van der Waals surface area contributed by atoms with Gasteiger partial charge in [-0.15, -0.1) is 11.3 Å². The van der Waals surface area contributed by atoms with Gasteiger partial charge >= 0.3 is 6.18 Å². The van der Waals surface area contributed by atoms with Gasteiger partial charge in [-0.3, -0.25) is 0 Å². The highest BCUT2D eigenvalue weighted by Gasteiger charge is 2.33. The first-order valence-corrected chi connectivity index (χ1v) is 9.51. The van der Waals surface area contributed by atoms with Crippen LogP contribution in [-0.4, -0.2) is 31.1 Å². The van der Waals surface area contributed by atoms with Crippen molar-refractivity contribution in [3.8, 4) is 0 Å². The quantitative estimate of drug-likeness (QED) is 0.390. The highest BCUT2D eigenvalue weighted by molar-refractivity contribution is 7.09. The lowest BCUT2D eigenvalue weighted by atomic mass is 10.1. The molecule has 0 saturated carbocycles. The van der Waals surface area contributed by atoms with Gasteiger partial charge in [-0.25, -0.2) is 14.4 Å². The van der Waals surface area contributed by atoms with Crippen molar-refractivity contribution in [1.82, 2.24) is 15.6 Å². The van der Waals surface area contributed by atoms with E-state index in [1.165, 1.54) is 13.2 Å². The van der Waals surface area contributed by atoms with Crippen molar-refractivity contribution >= 4 is 17.3 Å². The normalized spacial score (nSPS) is 12.3. The predicted octanol–water partition coefficient (Wildman–Crippen LogP) is 3.75. The number of nitrogens with one attached hydrogen (secondary N) is 2. The van der Waals surface area contributed by atoms with Gasteiger partial charge in [-0.05, 0) is 24.6 Å². The number of hydrogen-bond donors (Lipinski definition) is 2. The molecule has 0 saturated heterocycles. The Kier molecular flexibility index (Phi) is 8.18. The summed E-state index contributed by atoms with van der Waals surface area (Å²) >= 11 is 0.980. The monoisotopic (exact) mass is 418 g/mol. The molecule has 1 aromatic carbocycles. The van der Waals surface area contributed by atoms with Crippen molar-refractivity contribution in [1.29, 1.82) is 0 Å². The van der Waals surface area contributed by atoms with Crippen LogP contribution in [-0.2, 0) is 30.5 Å². The summed E-state index contributed by atoms with van der Waals surface area (Å²) < 4.78 is 56.4. The number of hydrogen-bond acceptors (Lipinski definition) is 4. The standard InChI is InChI=1S/C18H22F4N4OS/c1-3-23-17(24-7-6-16-26-15(11-28-16)18(20,21)22)25-9-12-4-5-14(19)13(8-12)10-27-2/h4-5,8,11H,3,6-7,9-10H2,1-2H3,(H2,23,24,25). The molecule has 0 spiro atoms. The summed E-state index contributed by atoms with van der Waals surface area (Å²) in [5, 5.41) is 7.54. The van der Waals surface area contributed by atoms with E-state index in [9.17, 15) is 17.6 Å². The van der Waals surface area contributed by atoms with Crippen LogP contribution in [0.5, 0.6) is 0 Å². The fraction of sp³-hybridized carbons (Fsp3) is 0.444. The molecule has 0 aliphatic carbocycles. The predicted molar refractivity (Wildman–Crippen MR) is 101 cm³/mol. The van der Waals surface area contributed by atoms with Crippen LogP contribution in [0.4, 0.5) is 17.6 Å². The molecule has 2 aromatic rings. The van der Waals surface area contributed by atoms with Crippen molar-refractivity contribution in [2.24, 2.45) is 4.99 Å². The Morgan fingerprint density at radius 2 is 2.07 bits per heavy atom. The minimum absolute atomic E-state index is 0.176. The number of nitrogens with zero attached hydrogens (tertiary/aromatic N) is 2. The maximum absolute atomic E-state index is 13.7. The van der Waals surface area contributed by atoms with Crippen molar-refractivity contribution in [3.05, 3.63) is 51.2 Å². The van der Waals surface area contributed by atoms with E-state index in [1.807, 2.05) is 6.92 Å². The number of ether oxygens (including phenoxy) is 1. The lowest BCUT2D eigenvalue weighted by Gasteiger charge is -2.11. The molecule has 0 atom stereocenters. The molecule has 154 valence electrons. The van der Waals surface area contributed by atoms with Gasteiger partial charge in [0.1, 0.15) is 5.82 Å². The molecule has 28 heavy (non-hydrogen) atoms. The summed E-state index contributed by atoms with van der Waals surface area (Å²) in [5.74, 6) is 0.189. The maximum atomic E-state index is 13.7. The Morgan fingerprint density at radius 3 is 2.71 bits per heavy atom. The van der Waals surface area contributed by atoms with E-state index in [1.54, 1.807) is 12.1 Å². The summed E-state index contributed by atoms with van der Waals surface area (Å²) in [6.07, 6.45) is -4.07. The second-order valence-electron chi connectivity index (χ2n) is 5.85. The zero-order valence-electron chi connectivity index (χ0n) is 15.6. The van der Waals surface area contributed by atoms with Crippen LogP contribution in [0, 0.1) is 5.82 Å². The number of alkyl halides is 3. The Bertz CT molecular complexity index is 792. The second-order valence-corrected chi connectivity index (χ2v) is 6.80. The van der Waals surface area contributed by atoms with Crippen LogP contribution in [0.25, 0.3) is 0 Å². The molecule has 0 aliphatic rings. The Morgan fingerprint density at radius 1 is 1.29 bits per heavy atom. The minimum Gasteiger partial charge on any atom is -0.380 e. The van der Waals surface area contributed by atoms with E-state index in [2.05, 4.69) is 20.6 Å². The van der Waals surface area contributed by atoms with Crippen LogP contribution < -0.4 is 10.6 Å². The van der Waals surface area contributed by atoms with E-state index in [0.29, 0.717) is 42.6 Å². The highest BCUT2D eigenvalue weighted by atomic mass is 32.1. The second kappa shape index (κ2) is 10.4. The number of methoxy groups -OCH3 is 1. The molecular formula is C18H22F4N4OS. The number of thiazole rings is 1. The molecular weight excluding hydrogens is 396 g/mol. The number of aliphatic imine (C=N–C) groups is 1. The lowest BCUT2D eigenvalue weighted by molar-refractivity contribution is -0.140.